The average molecular weight is 232 g/mol. The molecule has 2 N–H and O–H groups in total. The molecule has 0 bridgehead atoms. The number of nitrogens with two attached hydrogens (primary N) is 1. The predicted octanol–water partition coefficient (Wildman–Crippen LogP) is 2.60. The third-order valence-corrected chi connectivity index (χ3v) is 2.95. The van der Waals surface area contributed by atoms with E-state index < -0.39 is 0 Å². The molecule has 2 aromatic heterocycles. The Kier molecular flexibility index (Phi) is 2.09. The van der Waals surface area contributed by atoms with E-state index in [1.807, 2.05) is 34.7 Å². The van der Waals surface area contributed by atoms with Crippen LogP contribution in [0.1, 0.15) is 5.69 Å². The number of imidazole rings is 1. The van der Waals surface area contributed by atoms with Crippen molar-refractivity contribution in [1.29, 1.82) is 0 Å². The van der Waals surface area contributed by atoms with Gasteiger partial charge in [-0.1, -0.05) is 17.7 Å². The lowest BCUT2D eigenvalue weighted by atomic mass is 10.2. The van der Waals surface area contributed by atoms with Gasteiger partial charge in [-0.05, 0) is 29.7 Å². The van der Waals surface area contributed by atoms with Gasteiger partial charge in [0.25, 0.3) is 0 Å². The second-order valence-electron chi connectivity index (χ2n) is 3.68. The number of pyridine rings is 1. The van der Waals surface area contributed by atoms with Crippen LogP contribution in [0.2, 0.25) is 5.02 Å². The molecule has 0 spiro atoms. The molecule has 0 aliphatic carbocycles. The Balaban J connectivity index is 2.54. The summed E-state index contributed by atoms with van der Waals surface area (Å²) in [5, 5.41) is 1.85. The van der Waals surface area contributed by atoms with Crippen molar-refractivity contribution >= 4 is 28.2 Å². The molecule has 0 fully saturated rings. The molecule has 0 radical (unpaired) electrons. The fraction of sp³-hybridized carbons (Fsp3) is 0.0833. The van der Waals surface area contributed by atoms with Crippen LogP contribution in [-0.2, 0) is 6.54 Å². The summed E-state index contributed by atoms with van der Waals surface area (Å²) in [6, 6.07) is 9.83. The number of fused-ring (bicyclic) bond motifs is 3. The second kappa shape index (κ2) is 3.47. The number of halogens is 1. The van der Waals surface area contributed by atoms with E-state index in [0.29, 0.717) is 6.54 Å². The van der Waals surface area contributed by atoms with Crippen molar-refractivity contribution in [3.63, 3.8) is 0 Å². The molecular weight excluding hydrogens is 222 g/mol. The monoisotopic (exact) mass is 231 g/mol. The Bertz CT molecular complexity index is 672. The molecule has 0 unspecified atom stereocenters. The highest BCUT2D eigenvalue weighted by molar-refractivity contribution is 6.31. The smallest absolute Gasteiger partial charge is 0.137 e. The normalized spacial score (nSPS) is 11.4. The Morgan fingerprint density at radius 3 is 2.88 bits per heavy atom. The summed E-state index contributed by atoms with van der Waals surface area (Å²) in [6.07, 6.45) is 1.80. The van der Waals surface area contributed by atoms with Gasteiger partial charge >= 0.3 is 0 Å². The van der Waals surface area contributed by atoms with Crippen molar-refractivity contribution in [1.82, 2.24) is 9.38 Å². The van der Waals surface area contributed by atoms with Gasteiger partial charge in [0.1, 0.15) is 5.65 Å². The van der Waals surface area contributed by atoms with E-state index in [0.717, 1.165) is 27.3 Å². The number of aromatic nitrogens is 2. The molecule has 1 aromatic carbocycles. The first-order valence-corrected chi connectivity index (χ1v) is 5.42. The maximum atomic E-state index is 6.02. The Morgan fingerprint density at radius 2 is 2.06 bits per heavy atom. The van der Waals surface area contributed by atoms with Crippen molar-refractivity contribution in [2.75, 3.05) is 0 Å². The lowest BCUT2D eigenvalue weighted by Gasteiger charge is -2.05. The zero-order valence-corrected chi connectivity index (χ0v) is 9.28. The van der Waals surface area contributed by atoms with Crippen LogP contribution in [0.25, 0.3) is 16.6 Å². The molecule has 0 atom stereocenters. The first-order valence-electron chi connectivity index (χ1n) is 5.04. The Morgan fingerprint density at radius 1 is 1.25 bits per heavy atom. The van der Waals surface area contributed by atoms with Crippen LogP contribution < -0.4 is 5.73 Å². The summed E-state index contributed by atoms with van der Waals surface area (Å²) in [7, 11) is 0. The highest BCUT2D eigenvalue weighted by Crippen LogP contribution is 2.22. The first kappa shape index (κ1) is 9.63. The van der Waals surface area contributed by atoms with Crippen molar-refractivity contribution in [2.24, 2.45) is 5.73 Å². The number of hydrogen-bond donors (Lipinski definition) is 1. The molecule has 3 aromatic rings. The van der Waals surface area contributed by atoms with Crippen molar-refractivity contribution in [3.05, 3.63) is 47.2 Å². The van der Waals surface area contributed by atoms with Gasteiger partial charge < -0.3 is 5.73 Å². The van der Waals surface area contributed by atoms with Crippen LogP contribution in [-0.4, -0.2) is 9.38 Å². The lowest BCUT2D eigenvalue weighted by molar-refractivity contribution is 0.979. The highest BCUT2D eigenvalue weighted by Gasteiger charge is 2.05. The summed E-state index contributed by atoms with van der Waals surface area (Å²) in [5.41, 5.74) is 8.63. The van der Waals surface area contributed by atoms with Crippen molar-refractivity contribution in [2.45, 2.75) is 6.54 Å². The molecule has 80 valence electrons. The molecule has 0 aliphatic heterocycles. The van der Waals surface area contributed by atoms with Gasteiger partial charge in [-0.15, -0.1) is 0 Å². The number of nitrogens with zero attached hydrogens (tertiary/aromatic N) is 2. The largest absolute Gasteiger partial charge is 0.325 e. The van der Waals surface area contributed by atoms with E-state index in [4.69, 9.17) is 17.3 Å². The fourth-order valence-corrected chi connectivity index (χ4v) is 2.13. The molecule has 0 aliphatic rings. The van der Waals surface area contributed by atoms with Gasteiger partial charge in [0.2, 0.25) is 0 Å². The molecule has 0 saturated heterocycles. The van der Waals surface area contributed by atoms with Crippen LogP contribution in [0, 0.1) is 0 Å². The minimum Gasteiger partial charge on any atom is -0.325 e. The SMILES string of the molecule is NCc1cnc2ccc3ccc(Cl)cc3n12. The number of rotatable bonds is 1. The first-order chi connectivity index (χ1) is 7.79. The van der Waals surface area contributed by atoms with Crippen LogP contribution >= 0.6 is 11.6 Å². The van der Waals surface area contributed by atoms with E-state index in [9.17, 15) is 0 Å². The zero-order valence-electron chi connectivity index (χ0n) is 8.52. The van der Waals surface area contributed by atoms with E-state index >= 15 is 0 Å². The molecule has 0 amide bonds. The second-order valence-corrected chi connectivity index (χ2v) is 4.12. The predicted molar refractivity (Wildman–Crippen MR) is 65.6 cm³/mol. The minimum atomic E-state index is 0.465. The fourth-order valence-electron chi connectivity index (χ4n) is 1.96. The Labute approximate surface area is 97.5 Å². The standard InChI is InChI=1S/C12H10ClN3/c13-9-3-1-8-2-4-12-15-7-10(6-14)16(12)11(8)5-9/h1-5,7H,6,14H2. The van der Waals surface area contributed by atoms with Gasteiger partial charge in [-0.2, -0.15) is 0 Å². The van der Waals surface area contributed by atoms with Gasteiger partial charge in [0.05, 0.1) is 17.4 Å². The third kappa shape index (κ3) is 1.29. The molecule has 3 nitrogen and oxygen atoms in total. The van der Waals surface area contributed by atoms with Crippen molar-refractivity contribution < 1.29 is 0 Å². The number of hydrogen-bond acceptors (Lipinski definition) is 2. The molecular formula is C12H10ClN3. The van der Waals surface area contributed by atoms with E-state index in [1.165, 1.54) is 0 Å². The van der Waals surface area contributed by atoms with E-state index in [1.54, 1.807) is 6.20 Å². The summed E-state index contributed by atoms with van der Waals surface area (Å²) < 4.78 is 2.04. The van der Waals surface area contributed by atoms with Crippen LogP contribution in [0.3, 0.4) is 0 Å². The highest BCUT2D eigenvalue weighted by atomic mass is 35.5. The maximum Gasteiger partial charge on any atom is 0.137 e. The lowest BCUT2D eigenvalue weighted by Crippen LogP contribution is -2.01. The quantitative estimate of drug-likeness (QED) is 0.700. The molecule has 2 heterocycles. The molecule has 0 saturated carbocycles. The van der Waals surface area contributed by atoms with E-state index in [2.05, 4.69) is 4.98 Å². The summed E-state index contributed by atoms with van der Waals surface area (Å²) in [6.45, 7) is 0.465. The molecule has 16 heavy (non-hydrogen) atoms. The summed E-state index contributed by atoms with van der Waals surface area (Å²) in [5.74, 6) is 0. The maximum absolute atomic E-state index is 6.02. The van der Waals surface area contributed by atoms with Crippen LogP contribution in [0.4, 0.5) is 0 Å². The van der Waals surface area contributed by atoms with Gasteiger partial charge in [0.15, 0.2) is 0 Å². The Hall–Kier alpha value is -1.58. The molecule has 3 rings (SSSR count). The van der Waals surface area contributed by atoms with Gasteiger partial charge in [0, 0.05) is 11.6 Å². The summed E-state index contributed by atoms with van der Waals surface area (Å²) >= 11 is 6.02. The van der Waals surface area contributed by atoms with Crippen LogP contribution in [0.15, 0.2) is 36.5 Å². The zero-order chi connectivity index (χ0) is 11.1. The summed E-state index contributed by atoms with van der Waals surface area (Å²) in [4.78, 5) is 4.31. The topological polar surface area (TPSA) is 43.3 Å². The minimum absolute atomic E-state index is 0.465. The van der Waals surface area contributed by atoms with Gasteiger partial charge in [-0.3, -0.25) is 4.40 Å². The van der Waals surface area contributed by atoms with Crippen molar-refractivity contribution in [3.8, 4) is 0 Å². The van der Waals surface area contributed by atoms with Crippen LogP contribution in [0.5, 0.6) is 0 Å². The van der Waals surface area contributed by atoms with Gasteiger partial charge in [-0.25, -0.2) is 4.98 Å². The average Bonchev–Trinajstić information content (AvgIpc) is 2.72. The third-order valence-electron chi connectivity index (χ3n) is 2.72. The number of benzene rings is 1. The van der Waals surface area contributed by atoms with E-state index in [-0.39, 0.29) is 0 Å². The molecule has 4 heteroatoms.